The maximum atomic E-state index is 13.7. The Bertz CT molecular complexity index is 1610. The Hall–Kier alpha value is -2.82. The number of ether oxygens (including phenoxy) is 2. The second-order valence-electron chi connectivity index (χ2n) is 7.61. The van der Waals surface area contributed by atoms with Gasteiger partial charge in [-0.25, -0.2) is 14.2 Å². The molecule has 0 fully saturated rings. The van der Waals surface area contributed by atoms with Crippen molar-refractivity contribution in [3.63, 3.8) is 0 Å². The van der Waals surface area contributed by atoms with Crippen LogP contribution in [0, 0.1) is 20.7 Å². The highest BCUT2D eigenvalue weighted by Crippen LogP contribution is 2.32. The highest BCUT2D eigenvalue weighted by atomic mass is 127. The second kappa shape index (κ2) is 11.1. The van der Waals surface area contributed by atoms with E-state index in [2.05, 4.69) is 43.5 Å². The fourth-order valence-electron chi connectivity index (χ4n) is 3.84. The van der Waals surface area contributed by atoms with Crippen LogP contribution in [-0.2, 0) is 9.53 Å². The Morgan fingerprint density at radius 2 is 2.08 bits per heavy atom. The van der Waals surface area contributed by atoms with E-state index in [0.29, 0.717) is 31.9 Å². The molecule has 1 aliphatic heterocycles. The molecule has 0 radical (unpaired) electrons. The molecule has 0 saturated carbocycles. The number of esters is 1. The molecule has 3 aromatic rings. The maximum absolute atomic E-state index is 13.7. The molecule has 0 unspecified atom stereocenters. The van der Waals surface area contributed by atoms with Crippen LogP contribution >= 0.6 is 49.9 Å². The van der Waals surface area contributed by atoms with Crippen LogP contribution in [0.3, 0.4) is 0 Å². The number of allylic oxidation sites excluding steroid dienone is 1. The SMILES string of the molecule is CCOC(=O)C1=C(C)N=c2s/c(=C\c3cc(Br)cc(I)c3OCC#N)c(=O)n2[C@H]1c1ccc(F)cc1. The molecule has 4 rings (SSSR count). The summed E-state index contributed by atoms with van der Waals surface area (Å²) in [6.07, 6.45) is 1.68. The van der Waals surface area contributed by atoms with Gasteiger partial charge in [0.05, 0.1) is 32.0 Å². The van der Waals surface area contributed by atoms with E-state index in [1.165, 1.54) is 16.7 Å². The molecular formula is C25H18BrFIN3O4S. The first-order valence-electron chi connectivity index (χ1n) is 10.7. The van der Waals surface area contributed by atoms with E-state index in [1.54, 1.807) is 38.1 Å². The molecule has 0 spiro atoms. The monoisotopic (exact) mass is 681 g/mol. The highest BCUT2D eigenvalue weighted by Gasteiger charge is 2.33. The van der Waals surface area contributed by atoms with Crippen LogP contribution in [0.15, 0.2) is 61.9 Å². The van der Waals surface area contributed by atoms with Crippen molar-refractivity contribution in [2.75, 3.05) is 13.2 Å². The quantitative estimate of drug-likeness (QED) is 0.287. The Kier molecular flexibility index (Phi) is 8.07. The van der Waals surface area contributed by atoms with Gasteiger partial charge in [-0.15, -0.1) is 0 Å². The smallest absolute Gasteiger partial charge is 0.338 e. The van der Waals surface area contributed by atoms with Crippen molar-refractivity contribution in [2.24, 2.45) is 4.99 Å². The number of rotatable bonds is 6. The first-order chi connectivity index (χ1) is 17.2. The zero-order valence-electron chi connectivity index (χ0n) is 19.0. The summed E-state index contributed by atoms with van der Waals surface area (Å²) in [6.45, 7) is 3.39. The Labute approximate surface area is 231 Å². The molecule has 2 heterocycles. The number of hydrogen-bond donors (Lipinski definition) is 0. The average molecular weight is 682 g/mol. The van der Waals surface area contributed by atoms with E-state index in [1.807, 2.05) is 12.1 Å². The van der Waals surface area contributed by atoms with Gasteiger partial charge in [-0.2, -0.15) is 5.26 Å². The number of fused-ring (bicyclic) bond motifs is 1. The lowest BCUT2D eigenvalue weighted by atomic mass is 9.96. The molecular weight excluding hydrogens is 664 g/mol. The summed E-state index contributed by atoms with van der Waals surface area (Å²) in [7, 11) is 0. The molecule has 0 amide bonds. The van der Waals surface area contributed by atoms with Gasteiger partial charge >= 0.3 is 5.97 Å². The molecule has 0 N–H and O–H groups in total. The lowest BCUT2D eigenvalue weighted by Crippen LogP contribution is -2.39. The van der Waals surface area contributed by atoms with Crippen LogP contribution in [0.25, 0.3) is 6.08 Å². The largest absolute Gasteiger partial charge is 0.477 e. The molecule has 184 valence electrons. The molecule has 0 saturated heterocycles. The Morgan fingerprint density at radius 3 is 2.75 bits per heavy atom. The number of aromatic nitrogens is 1. The van der Waals surface area contributed by atoms with Gasteiger partial charge in [0, 0.05) is 10.0 Å². The van der Waals surface area contributed by atoms with Crippen LogP contribution < -0.4 is 19.6 Å². The fraction of sp³-hybridized carbons (Fsp3) is 0.200. The summed E-state index contributed by atoms with van der Waals surface area (Å²) in [5.41, 5.74) is 1.43. The van der Waals surface area contributed by atoms with Gasteiger partial charge in [0.1, 0.15) is 17.6 Å². The van der Waals surface area contributed by atoms with Crippen LogP contribution in [0.2, 0.25) is 0 Å². The summed E-state index contributed by atoms with van der Waals surface area (Å²) in [4.78, 5) is 31.6. The third-order valence-corrected chi connectivity index (χ3v) is 7.55. The van der Waals surface area contributed by atoms with Crippen LogP contribution in [0.5, 0.6) is 5.75 Å². The molecule has 11 heteroatoms. The zero-order chi connectivity index (χ0) is 26.0. The topological polar surface area (TPSA) is 93.7 Å². The fourth-order valence-corrected chi connectivity index (χ4v) is 6.58. The van der Waals surface area contributed by atoms with Crippen LogP contribution in [0.4, 0.5) is 4.39 Å². The predicted octanol–water partition coefficient (Wildman–Crippen LogP) is 4.21. The number of benzene rings is 2. The molecule has 1 aliphatic rings. The summed E-state index contributed by atoms with van der Waals surface area (Å²) in [5, 5.41) is 8.97. The molecule has 2 aromatic carbocycles. The van der Waals surface area contributed by atoms with Gasteiger partial charge in [0.15, 0.2) is 11.4 Å². The van der Waals surface area contributed by atoms with E-state index in [0.717, 1.165) is 19.4 Å². The van der Waals surface area contributed by atoms with Gasteiger partial charge in [-0.1, -0.05) is 39.4 Å². The molecule has 1 atom stereocenters. The van der Waals surface area contributed by atoms with Crippen molar-refractivity contribution in [1.29, 1.82) is 5.26 Å². The number of nitriles is 1. The number of nitrogens with zero attached hydrogens (tertiary/aromatic N) is 3. The van der Waals surface area contributed by atoms with Gasteiger partial charge in [-0.3, -0.25) is 9.36 Å². The van der Waals surface area contributed by atoms with Crippen molar-refractivity contribution in [3.8, 4) is 11.8 Å². The van der Waals surface area contributed by atoms with Crippen molar-refractivity contribution in [3.05, 3.63) is 92.3 Å². The first kappa shape index (κ1) is 26.2. The lowest BCUT2D eigenvalue weighted by molar-refractivity contribution is -0.139. The lowest BCUT2D eigenvalue weighted by Gasteiger charge is -2.24. The minimum atomic E-state index is -0.833. The summed E-state index contributed by atoms with van der Waals surface area (Å²) >= 11 is 6.73. The Morgan fingerprint density at radius 1 is 1.36 bits per heavy atom. The highest BCUT2D eigenvalue weighted by molar-refractivity contribution is 14.1. The standard InChI is InChI=1S/C25H18BrFIN3O4S/c1-3-34-24(33)20-13(2)30-25-31(21(20)14-4-6-17(27)7-5-14)23(32)19(36-25)11-15-10-16(26)12-18(28)22(15)35-9-8-29/h4-7,10-12,21H,3,9H2,1-2H3/b19-11-/t21-/m0/s1. The van der Waals surface area contributed by atoms with E-state index >= 15 is 0 Å². The van der Waals surface area contributed by atoms with Gasteiger partial charge in [0.25, 0.3) is 5.56 Å². The summed E-state index contributed by atoms with van der Waals surface area (Å²) in [5.74, 6) is -0.542. The predicted molar refractivity (Wildman–Crippen MR) is 145 cm³/mol. The summed E-state index contributed by atoms with van der Waals surface area (Å²) < 4.78 is 27.9. The van der Waals surface area contributed by atoms with E-state index in [9.17, 15) is 14.0 Å². The van der Waals surface area contributed by atoms with Crippen LogP contribution in [0.1, 0.15) is 31.0 Å². The minimum Gasteiger partial charge on any atom is -0.477 e. The zero-order valence-corrected chi connectivity index (χ0v) is 23.6. The van der Waals surface area contributed by atoms with Crippen molar-refractivity contribution in [2.45, 2.75) is 19.9 Å². The normalized spacial score (nSPS) is 15.2. The minimum absolute atomic E-state index is 0.146. The van der Waals surface area contributed by atoms with Crippen molar-refractivity contribution in [1.82, 2.24) is 4.57 Å². The van der Waals surface area contributed by atoms with Crippen molar-refractivity contribution >= 4 is 61.9 Å². The molecule has 1 aromatic heterocycles. The molecule has 7 nitrogen and oxygen atoms in total. The third kappa shape index (κ3) is 5.16. The van der Waals surface area contributed by atoms with E-state index < -0.39 is 17.8 Å². The second-order valence-corrected chi connectivity index (χ2v) is 10.7. The Balaban J connectivity index is 1.96. The first-order valence-corrected chi connectivity index (χ1v) is 13.4. The average Bonchev–Trinajstić information content (AvgIpc) is 3.12. The van der Waals surface area contributed by atoms with Crippen molar-refractivity contribution < 1.29 is 18.7 Å². The third-order valence-electron chi connectivity index (χ3n) is 5.31. The van der Waals surface area contributed by atoms with Crippen LogP contribution in [-0.4, -0.2) is 23.8 Å². The van der Waals surface area contributed by atoms with Gasteiger partial charge in [0.2, 0.25) is 0 Å². The van der Waals surface area contributed by atoms with E-state index in [-0.39, 0.29) is 24.3 Å². The number of carbonyl (C=O) groups is 1. The molecule has 36 heavy (non-hydrogen) atoms. The number of hydrogen-bond acceptors (Lipinski definition) is 7. The van der Waals surface area contributed by atoms with Gasteiger partial charge < -0.3 is 9.47 Å². The maximum Gasteiger partial charge on any atom is 0.338 e. The molecule has 0 bridgehead atoms. The van der Waals surface area contributed by atoms with E-state index in [4.69, 9.17) is 14.7 Å². The molecule has 0 aliphatic carbocycles. The summed E-state index contributed by atoms with van der Waals surface area (Å²) in [6, 6.07) is 10.4. The number of thiazole rings is 1. The number of halogens is 3. The number of carbonyl (C=O) groups excluding carboxylic acids is 1. The van der Waals surface area contributed by atoms with Gasteiger partial charge in [-0.05, 0) is 72.3 Å².